The maximum Gasteiger partial charge on any atom is 0.404 e. The van der Waals surface area contributed by atoms with Crippen LogP contribution in [-0.4, -0.2) is 18.8 Å². The van der Waals surface area contributed by atoms with Crippen LogP contribution in [0.3, 0.4) is 0 Å². The molecular weight excluding hydrogens is 124 g/mol. The molecule has 0 aliphatic rings. The van der Waals surface area contributed by atoms with E-state index in [4.69, 9.17) is 0 Å². The minimum atomic E-state index is -0.820. The highest BCUT2D eigenvalue weighted by molar-refractivity contribution is 5.64. The molecule has 5 nitrogen and oxygen atoms in total. The molecule has 0 aromatic rings. The highest BCUT2D eigenvalue weighted by Gasteiger charge is 2.03. The second-order valence-corrected chi connectivity index (χ2v) is 1.58. The van der Waals surface area contributed by atoms with Gasteiger partial charge in [0, 0.05) is 0 Å². The number of ether oxygens (including phenoxy) is 1. The lowest BCUT2D eigenvalue weighted by Crippen LogP contribution is -2.25. The SMILES string of the molecule is C[C@@H](CON)OC(N)=O. The molecule has 5 heteroatoms. The van der Waals surface area contributed by atoms with Gasteiger partial charge in [-0.3, -0.25) is 0 Å². The number of hydrogen-bond acceptors (Lipinski definition) is 4. The smallest absolute Gasteiger partial charge is 0.404 e. The third-order valence-corrected chi connectivity index (χ3v) is 0.648. The van der Waals surface area contributed by atoms with E-state index >= 15 is 0 Å². The first-order valence-corrected chi connectivity index (χ1v) is 2.44. The lowest BCUT2D eigenvalue weighted by atomic mass is 10.4. The van der Waals surface area contributed by atoms with Crippen molar-refractivity contribution >= 4 is 6.09 Å². The van der Waals surface area contributed by atoms with Crippen molar-refractivity contribution in [1.82, 2.24) is 0 Å². The Morgan fingerprint density at radius 2 is 2.33 bits per heavy atom. The molecule has 0 heterocycles. The second kappa shape index (κ2) is 4.11. The van der Waals surface area contributed by atoms with Crippen LogP contribution in [0, 0.1) is 0 Å². The van der Waals surface area contributed by atoms with Gasteiger partial charge in [0.2, 0.25) is 0 Å². The summed E-state index contributed by atoms with van der Waals surface area (Å²) in [5.41, 5.74) is 4.67. The number of amides is 1. The van der Waals surface area contributed by atoms with Crippen LogP contribution in [0.25, 0.3) is 0 Å². The molecule has 0 saturated heterocycles. The molecule has 0 saturated carbocycles. The zero-order valence-corrected chi connectivity index (χ0v) is 5.16. The summed E-state index contributed by atoms with van der Waals surface area (Å²) < 4.78 is 4.42. The quantitative estimate of drug-likeness (QED) is 0.502. The maximum atomic E-state index is 9.99. The highest BCUT2D eigenvalue weighted by atomic mass is 16.6. The van der Waals surface area contributed by atoms with Crippen LogP contribution in [0.15, 0.2) is 0 Å². The van der Waals surface area contributed by atoms with Crippen molar-refractivity contribution in [2.75, 3.05) is 6.61 Å². The first-order chi connectivity index (χ1) is 4.16. The fraction of sp³-hybridized carbons (Fsp3) is 0.750. The molecule has 0 fully saturated rings. The number of carbonyl (C=O) groups excluding carboxylic acids is 1. The first kappa shape index (κ1) is 8.19. The van der Waals surface area contributed by atoms with Crippen LogP contribution in [0.1, 0.15) is 6.92 Å². The van der Waals surface area contributed by atoms with E-state index in [1.54, 1.807) is 6.92 Å². The van der Waals surface area contributed by atoms with Crippen molar-refractivity contribution in [2.45, 2.75) is 13.0 Å². The van der Waals surface area contributed by atoms with Crippen molar-refractivity contribution in [3.8, 4) is 0 Å². The van der Waals surface area contributed by atoms with Gasteiger partial charge in [0.15, 0.2) is 0 Å². The molecule has 54 valence electrons. The third-order valence-electron chi connectivity index (χ3n) is 0.648. The minimum Gasteiger partial charge on any atom is -0.444 e. The highest BCUT2D eigenvalue weighted by Crippen LogP contribution is 1.87. The summed E-state index contributed by atoms with van der Waals surface area (Å²) in [6.07, 6.45) is -1.20. The zero-order valence-electron chi connectivity index (χ0n) is 5.16. The monoisotopic (exact) mass is 134 g/mol. The molecule has 0 aliphatic carbocycles. The molecule has 9 heavy (non-hydrogen) atoms. The summed E-state index contributed by atoms with van der Waals surface area (Å²) in [6.45, 7) is 1.78. The average molecular weight is 134 g/mol. The lowest BCUT2D eigenvalue weighted by molar-refractivity contribution is 0.0320. The van der Waals surface area contributed by atoms with E-state index in [2.05, 4.69) is 21.2 Å². The van der Waals surface area contributed by atoms with Gasteiger partial charge in [-0.2, -0.15) is 0 Å². The van der Waals surface area contributed by atoms with Crippen LogP contribution in [0.5, 0.6) is 0 Å². The van der Waals surface area contributed by atoms with Gasteiger partial charge in [0.05, 0.1) is 0 Å². The van der Waals surface area contributed by atoms with E-state index in [1.807, 2.05) is 0 Å². The van der Waals surface area contributed by atoms with Gasteiger partial charge in [0.25, 0.3) is 0 Å². The molecule has 0 bridgehead atoms. The Kier molecular flexibility index (Phi) is 3.74. The van der Waals surface area contributed by atoms with Crippen molar-refractivity contribution in [1.29, 1.82) is 0 Å². The van der Waals surface area contributed by atoms with E-state index in [9.17, 15) is 4.79 Å². The fourth-order valence-corrected chi connectivity index (χ4v) is 0.368. The summed E-state index contributed by atoms with van der Waals surface area (Å²) in [6, 6.07) is 0. The minimum absolute atomic E-state index is 0.156. The van der Waals surface area contributed by atoms with E-state index in [-0.39, 0.29) is 12.7 Å². The Bertz CT molecular complexity index is 95.8. The lowest BCUT2D eigenvalue weighted by Gasteiger charge is -2.07. The summed E-state index contributed by atoms with van der Waals surface area (Å²) >= 11 is 0. The molecule has 0 aromatic heterocycles. The van der Waals surface area contributed by atoms with Crippen LogP contribution < -0.4 is 11.6 Å². The summed E-state index contributed by atoms with van der Waals surface area (Å²) in [5.74, 6) is 4.67. The number of carbonyl (C=O) groups is 1. The van der Waals surface area contributed by atoms with Gasteiger partial charge in [0.1, 0.15) is 12.7 Å². The Hall–Kier alpha value is -0.810. The van der Waals surface area contributed by atoms with Crippen molar-refractivity contribution in [3.63, 3.8) is 0 Å². The Morgan fingerprint density at radius 1 is 1.78 bits per heavy atom. The summed E-state index contributed by atoms with van der Waals surface area (Å²) in [7, 11) is 0. The molecule has 0 unspecified atom stereocenters. The number of rotatable bonds is 3. The van der Waals surface area contributed by atoms with Gasteiger partial charge in [-0.15, -0.1) is 0 Å². The van der Waals surface area contributed by atoms with E-state index < -0.39 is 6.09 Å². The average Bonchev–Trinajstić information content (AvgIpc) is 1.63. The second-order valence-electron chi connectivity index (χ2n) is 1.58. The predicted octanol–water partition coefficient (Wildman–Crippen LogP) is -0.640. The fourth-order valence-electron chi connectivity index (χ4n) is 0.368. The van der Waals surface area contributed by atoms with E-state index in [1.165, 1.54) is 0 Å². The maximum absolute atomic E-state index is 9.99. The van der Waals surface area contributed by atoms with Gasteiger partial charge >= 0.3 is 6.09 Å². The van der Waals surface area contributed by atoms with Crippen LogP contribution in [0.2, 0.25) is 0 Å². The molecule has 4 N–H and O–H groups in total. The van der Waals surface area contributed by atoms with E-state index in [0.29, 0.717) is 0 Å². The van der Waals surface area contributed by atoms with Crippen molar-refractivity contribution in [3.05, 3.63) is 0 Å². The van der Waals surface area contributed by atoms with Gasteiger partial charge in [-0.1, -0.05) is 0 Å². The topological polar surface area (TPSA) is 87.6 Å². The van der Waals surface area contributed by atoms with Gasteiger partial charge in [-0.25, -0.2) is 10.7 Å². The molecule has 1 atom stereocenters. The number of primary amides is 1. The molecule has 0 spiro atoms. The molecule has 0 radical (unpaired) electrons. The first-order valence-electron chi connectivity index (χ1n) is 2.44. The number of hydrogen-bond donors (Lipinski definition) is 2. The third kappa shape index (κ3) is 5.05. The van der Waals surface area contributed by atoms with Crippen LogP contribution in [-0.2, 0) is 9.57 Å². The van der Waals surface area contributed by atoms with Crippen LogP contribution >= 0.6 is 0 Å². The van der Waals surface area contributed by atoms with E-state index in [0.717, 1.165) is 0 Å². The molecule has 0 aliphatic heterocycles. The normalized spacial score (nSPS) is 12.7. The Labute approximate surface area is 52.9 Å². The number of nitrogens with two attached hydrogens (primary N) is 2. The predicted molar refractivity (Wildman–Crippen MR) is 30.3 cm³/mol. The standard InChI is InChI=1S/C4H10N2O3/c1-3(2-8-6)9-4(5)7/h3H,2,6H2,1H3,(H2,5,7)/t3-/m0/s1. The van der Waals surface area contributed by atoms with Crippen molar-refractivity contribution < 1.29 is 14.4 Å². The van der Waals surface area contributed by atoms with Gasteiger partial charge < -0.3 is 15.3 Å². The molecule has 0 rings (SSSR count). The molecule has 1 amide bonds. The summed E-state index contributed by atoms with van der Waals surface area (Å²) in [4.78, 5) is 14.2. The van der Waals surface area contributed by atoms with Crippen molar-refractivity contribution in [2.24, 2.45) is 11.6 Å². The van der Waals surface area contributed by atoms with Gasteiger partial charge in [-0.05, 0) is 6.92 Å². The molecular formula is C4H10N2O3. The largest absolute Gasteiger partial charge is 0.444 e. The van der Waals surface area contributed by atoms with Crippen LogP contribution in [0.4, 0.5) is 4.79 Å². The Balaban J connectivity index is 3.26. The zero-order chi connectivity index (χ0) is 7.28. The molecule has 0 aromatic carbocycles. The summed E-state index contributed by atoms with van der Waals surface area (Å²) in [5, 5.41) is 0. The Morgan fingerprint density at radius 3 is 2.67 bits per heavy atom.